The number of benzene rings is 1. The Morgan fingerprint density at radius 1 is 0.738 bits per heavy atom. The van der Waals surface area contributed by atoms with Crippen LogP contribution in [-0.4, -0.2) is 114 Å². The Morgan fingerprint density at radius 3 is 1.77 bits per heavy atom. The van der Waals surface area contributed by atoms with Gasteiger partial charge in [0.25, 0.3) is 11.8 Å². The number of piperidine rings is 2. The number of likely N-dealkylation sites (tertiary alicyclic amines) is 2. The van der Waals surface area contributed by atoms with Gasteiger partial charge in [-0.3, -0.25) is 14.6 Å². The summed E-state index contributed by atoms with van der Waals surface area (Å²) < 4.78 is 23.5. The standard InChI is InChI=1S/C24H29FN6O2.C24H31N7O/c1-15-13-31-21(27-23(15)29-11-9-16(26)14-29)12-18(28-31)19-7-3-4-10-30(19)24(32)22-17(25)6-5-8-20(22)33-2;1-3-17-7-8-19(26-13-17)24(32)30-10-5-4-6-21(30)20-12-22-27-23(16(2)14-31(22)28-20)29-11-9-18(25)15-29/h5-6,8,12-13,16,19H,3-4,7,9-11,14,26H2,1-2H3;7-8,12-14,18,21H,3-6,9-11,15,25H2,1-2H3/t16-,19-;18-,21-/m00/s1. The average molecular weight is 886 g/mol. The molecule has 0 spiro atoms. The minimum Gasteiger partial charge on any atom is -0.496 e. The fraction of sp³-hybridized carbons (Fsp3) is 0.479. The highest BCUT2D eigenvalue weighted by Gasteiger charge is 2.35. The van der Waals surface area contributed by atoms with Crippen molar-refractivity contribution in [2.24, 2.45) is 11.5 Å². The van der Waals surface area contributed by atoms with Crippen LogP contribution in [0.4, 0.5) is 16.0 Å². The Balaban J connectivity index is 0.000000164. The number of hydrogen-bond acceptors (Lipinski definition) is 12. The van der Waals surface area contributed by atoms with Gasteiger partial charge < -0.3 is 35.8 Å². The van der Waals surface area contributed by atoms with Gasteiger partial charge in [-0.15, -0.1) is 0 Å². The van der Waals surface area contributed by atoms with Crippen LogP contribution in [0.5, 0.6) is 5.75 Å². The summed E-state index contributed by atoms with van der Waals surface area (Å²) in [4.78, 5) is 49.1. The highest BCUT2D eigenvalue weighted by Crippen LogP contribution is 2.36. The van der Waals surface area contributed by atoms with Crippen LogP contribution in [0, 0.1) is 19.7 Å². The molecule has 4 N–H and O–H groups in total. The van der Waals surface area contributed by atoms with Crippen molar-refractivity contribution in [2.75, 3.05) is 56.2 Å². The van der Waals surface area contributed by atoms with Crippen molar-refractivity contribution >= 4 is 34.7 Å². The summed E-state index contributed by atoms with van der Waals surface area (Å²) in [7, 11) is 1.44. The molecule has 0 radical (unpaired) electrons. The van der Waals surface area contributed by atoms with Gasteiger partial charge in [-0.2, -0.15) is 10.2 Å². The second-order valence-electron chi connectivity index (χ2n) is 18.0. The molecule has 0 aliphatic carbocycles. The zero-order valence-corrected chi connectivity index (χ0v) is 37.9. The van der Waals surface area contributed by atoms with E-state index in [1.807, 2.05) is 53.0 Å². The molecule has 4 fully saturated rings. The van der Waals surface area contributed by atoms with E-state index in [1.54, 1.807) is 27.7 Å². The van der Waals surface area contributed by atoms with Crippen LogP contribution >= 0.6 is 0 Å². The predicted octanol–water partition coefficient (Wildman–Crippen LogP) is 5.99. The molecule has 4 saturated heterocycles. The van der Waals surface area contributed by atoms with E-state index in [4.69, 9.17) is 36.4 Å². The van der Waals surface area contributed by atoms with Gasteiger partial charge in [-0.1, -0.05) is 19.1 Å². The van der Waals surface area contributed by atoms with Gasteiger partial charge in [-0.05, 0) is 95.4 Å². The maximum atomic E-state index is 14.6. The predicted molar refractivity (Wildman–Crippen MR) is 247 cm³/mol. The van der Waals surface area contributed by atoms with Crippen LogP contribution < -0.4 is 26.0 Å². The molecular formula is C48H60FN13O3. The summed E-state index contributed by atoms with van der Waals surface area (Å²) in [5.41, 5.74) is 19.1. The number of methoxy groups -OCH3 is 1. The number of carbonyl (C=O) groups excluding carboxylic acids is 2. The molecule has 6 aromatic rings. The first-order chi connectivity index (χ1) is 31.5. The summed E-state index contributed by atoms with van der Waals surface area (Å²) in [6.07, 6.45) is 14.2. The number of ether oxygens (including phenoxy) is 1. The zero-order valence-electron chi connectivity index (χ0n) is 37.9. The molecule has 0 bridgehead atoms. The third-order valence-electron chi connectivity index (χ3n) is 13.4. The van der Waals surface area contributed by atoms with Crippen molar-refractivity contribution in [3.05, 3.63) is 106 Å². The molecule has 0 unspecified atom stereocenters. The number of fused-ring (bicyclic) bond motifs is 2. The number of nitrogens with zero attached hydrogens (tertiary/aromatic N) is 11. The van der Waals surface area contributed by atoms with E-state index < -0.39 is 5.82 Å². The lowest BCUT2D eigenvalue weighted by Gasteiger charge is -2.35. The molecule has 17 heteroatoms. The van der Waals surface area contributed by atoms with E-state index in [0.717, 1.165) is 142 Å². The summed E-state index contributed by atoms with van der Waals surface area (Å²) >= 11 is 0. The minimum atomic E-state index is -0.579. The summed E-state index contributed by atoms with van der Waals surface area (Å²) in [5.74, 6) is 1.17. The van der Waals surface area contributed by atoms with E-state index in [2.05, 4.69) is 28.6 Å². The molecule has 1 aromatic carbocycles. The number of nitrogens with two attached hydrogens (primary N) is 2. The van der Waals surface area contributed by atoms with Gasteiger partial charge in [0.15, 0.2) is 11.3 Å². The van der Waals surface area contributed by atoms with Crippen LogP contribution in [0.3, 0.4) is 0 Å². The lowest BCUT2D eigenvalue weighted by molar-refractivity contribution is 0.0591. The number of hydrogen-bond donors (Lipinski definition) is 2. The first-order valence-corrected chi connectivity index (χ1v) is 23.1. The minimum absolute atomic E-state index is 0.0229. The number of aryl methyl sites for hydroxylation is 3. The molecule has 5 aromatic heterocycles. The topological polar surface area (TPSA) is 182 Å². The average Bonchev–Trinajstić information content (AvgIpc) is 4.15. The van der Waals surface area contributed by atoms with E-state index in [9.17, 15) is 14.0 Å². The third kappa shape index (κ3) is 8.95. The Labute approximate surface area is 378 Å². The maximum Gasteiger partial charge on any atom is 0.273 e. The van der Waals surface area contributed by atoms with Gasteiger partial charge in [-0.25, -0.2) is 23.4 Å². The van der Waals surface area contributed by atoms with Gasteiger partial charge in [0.05, 0.1) is 30.6 Å². The summed E-state index contributed by atoms with van der Waals surface area (Å²) in [5, 5.41) is 9.59. The van der Waals surface area contributed by atoms with Gasteiger partial charge >= 0.3 is 0 Å². The lowest BCUT2D eigenvalue weighted by Crippen LogP contribution is -2.39. The highest BCUT2D eigenvalue weighted by atomic mass is 19.1. The molecule has 2 amide bonds. The quantitative estimate of drug-likeness (QED) is 0.183. The molecular weight excluding hydrogens is 826 g/mol. The van der Waals surface area contributed by atoms with Crippen LogP contribution in [0.25, 0.3) is 11.3 Å². The van der Waals surface area contributed by atoms with Crippen molar-refractivity contribution in [1.29, 1.82) is 0 Å². The fourth-order valence-electron chi connectivity index (χ4n) is 9.86. The number of halogens is 1. The Kier molecular flexibility index (Phi) is 12.7. The number of rotatable bonds is 8. The first kappa shape index (κ1) is 44.0. The summed E-state index contributed by atoms with van der Waals surface area (Å²) in [6.45, 7) is 10.9. The Hall–Kier alpha value is -6.20. The molecule has 4 aliphatic heterocycles. The SMILES string of the molecule is CCc1ccc(C(=O)N2CCCC[C@H]2c2cc3nc(N4CC[C@H](N)C4)c(C)cn3n2)nc1.COc1cccc(F)c1C(=O)N1CCCC[C@H]1c1cc2nc(N3CC[C@H](N)C3)c(C)cn2n1. The number of aromatic nitrogens is 7. The second-order valence-corrected chi connectivity index (χ2v) is 18.0. The summed E-state index contributed by atoms with van der Waals surface area (Å²) in [6, 6.07) is 12.3. The first-order valence-electron chi connectivity index (χ1n) is 23.1. The van der Waals surface area contributed by atoms with E-state index >= 15 is 0 Å². The van der Waals surface area contributed by atoms with Crippen molar-refractivity contribution in [1.82, 2.24) is 44.0 Å². The molecule has 9 heterocycles. The van der Waals surface area contributed by atoms with Crippen molar-refractivity contribution in [3.63, 3.8) is 0 Å². The number of amides is 2. The molecule has 16 nitrogen and oxygen atoms in total. The smallest absolute Gasteiger partial charge is 0.273 e. The van der Waals surface area contributed by atoms with E-state index in [1.165, 1.54) is 13.2 Å². The number of carbonyl (C=O) groups is 2. The van der Waals surface area contributed by atoms with Crippen LogP contribution in [-0.2, 0) is 6.42 Å². The van der Waals surface area contributed by atoms with Crippen LogP contribution in [0.1, 0.15) is 119 Å². The molecule has 4 atom stereocenters. The van der Waals surface area contributed by atoms with Crippen molar-refractivity contribution in [3.8, 4) is 5.75 Å². The molecule has 65 heavy (non-hydrogen) atoms. The molecule has 342 valence electrons. The molecule has 0 saturated carbocycles. The monoisotopic (exact) mass is 885 g/mol. The molecule has 10 rings (SSSR count). The van der Waals surface area contributed by atoms with Gasteiger partial charge in [0.1, 0.15) is 34.5 Å². The van der Waals surface area contributed by atoms with Gasteiger partial charge in [0, 0.05) is 93.2 Å². The van der Waals surface area contributed by atoms with E-state index in [-0.39, 0.29) is 47.3 Å². The van der Waals surface area contributed by atoms with Crippen molar-refractivity contribution in [2.45, 2.75) is 103 Å². The third-order valence-corrected chi connectivity index (χ3v) is 13.4. The molecule has 4 aliphatic rings. The number of anilines is 2. The lowest BCUT2D eigenvalue weighted by atomic mass is 9.98. The maximum absolute atomic E-state index is 14.6. The second kappa shape index (κ2) is 18.7. The number of pyridine rings is 1. The van der Waals surface area contributed by atoms with E-state index in [0.29, 0.717) is 12.2 Å². The van der Waals surface area contributed by atoms with Gasteiger partial charge in [0.2, 0.25) is 0 Å². The zero-order chi connectivity index (χ0) is 45.4. The van der Waals surface area contributed by atoms with Crippen molar-refractivity contribution < 1.29 is 18.7 Å². The van der Waals surface area contributed by atoms with Crippen LogP contribution in [0.2, 0.25) is 0 Å². The highest BCUT2D eigenvalue weighted by molar-refractivity contribution is 5.97. The fourth-order valence-corrected chi connectivity index (χ4v) is 9.86. The Bertz CT molecular complexity index is 2680. The van der Waals surface area contributed by atoms with Crippen LogP contribution in [0.15, 0.2) is 61.1 Å². The Morgan fingerprint density at radius 2 is 1.29 bits per heavy atom. The normalized spacial score (nSPS) is 21.3. The largest absolute Gasteiger partial charge is 0.496 e.